The third kappa shape index (κ3) is 6.53. The molecule has 0 unspecified atom stereocenters. The highest BCUT2D eigenvalue weighted by Gasteiger charge is 2.15. The van der Waals surface area contributed by atoms with Gasteiger partial charge in [-0.15, -0.1) is 0 Å². The number of halogens is 2. The molecule has 1 aromatic carbocycles. The van der Waals surface area contributed by atoms with Gasteiger partial charge in [-0.25, -0.2) is 9.18 Å². The molecule has 0 radical (unpaired) electrons. The molecule has 7 heteroatoms. The minimum Gasteiger partial charge on any atom is -0.444 e. The summed E-state index contributed by atoms with van der Waals surface area (Å²) in [5, 5.41) is 5.69. The Morgan fingerprint density at radius 2 is 2.05 bits per heavy atom. The van der Waals surface area contributed by atoms with Crippen LogP contribution in [0.4, 0.5) is 20.6 Å². The third-order valence-electron chi connectivity index (χ3n) is 2.43. The monoisotopic (exact) mass is 317 g/mol. The van der Waals surface area contributed by atoms with Crippen LogP contribution in [0.15, 0.2) is 12.1 Å². The molecular weight excluding hydrogens is 297 g/mol. The van der Waals surface area contributed by atoms with Gasteiger partial charge in [0.05, 0.1) is 16.4 Å². The molecule has 118 valence electrons. The molecule has 1 amide bonds. The highest BCUT2D eigenvalue weighted by atomic mass is 35.5. The summed E-state index contributed by atoms with van der Waals surface area (Å²) in [4.78, 5) is 11.4. The molecule has 0 spiro atoms. The van der Waals surface area contributed by atoms with E-state index in [1.165, 1.54) is 12.1 Å². The van der Waals surface area contributed by atoms with E-state index in [1.807, 2.05) is 0 Å². The Morgan fingerprint density at radius 3 is 2.67 bits per heavy atom. The van der Waals surface area contributed by atoms with Crippen LogP contribution in [-0.2, 0) is 4.74 Å². The summed E-state index contributed by atoms with van der Waals surface area (Å²) in [6, 6.07) is 2.61. The molecule has 21 heavy (non-hydrogen) atoms. The minimum atomic E-state index is -0.550. The van der Waals surface area contributed by atoms with Gasteiger partial charge in [-0.05, 0) is 33.3 Å². The fourth-order valence-electron chi connectivity index (χ4n) is 1.53. The summed E-state index contributed by atoms with van der Waals surface area (Å²) < 4.78 is 18.2. The second-order valence-corrected chi connectivity index (χ2v) is 5.97. The van der Waals surface area contributed by atoms with Crippen LogP contribution >= 0.6 is 11.6 Å². The Hall–Kier alpha value is -1.69. The van der Waals surface area contributed by atoms with Crippen LogP contribution in [0, 0.1) is 5.82 Å². The summed E-state index contributed by atoms with van der Waals surface area (Å²) in [5.41, 5.74) is 6.02. The molecule has 0 saturated heterocycles. The van der Waals surface area contributed by atoms with Gasteiger partial charge in [-0.3, -0.25) is 0 Å². The zero-order valence-corrected chi connectivity index (χ0v) is 13.2. The van der Waals surface area contributed by atoms with Gasteiger partial charge in [-0.1, -0.05) is 11.6 Å². The molecule has 0 heterocycles. The number of nitrogen functional groups attached to an aromatic ring is 1. The molecule has 1 aromatic rings. The summed E-state index contributed by atoms with van der Waals surface area (Å²) in [6.45, 7) is 6.41. The number of amides is 1. The first-order valence-electron chi connectivity index (χ1n) is 6.64. The van der Waals surface area contributed by atoms with E-state index in [0.717, 1.165) is 0 Å². The van der Waals surface area contributed by atoms with Crippen molar-refractivity contribution >= 4 is 29.1 Å². The van der Waals surface area contributed by atoms with E-state index >= 15 is 0 Å². The maximum atomic E-state index is 13.1. The van der Waals surface area contributed by atoms with Gasteiger partial charge in [0.2, 0.25) is 0 Å². The van der Waals surface area contributed by atoms with Gasteiger partial charge in [0.15, 0.2) is 0 Å². The van der Waals surface area contributed by atoms with E-state index in [2.05, 4.69) is 10.6 Å². The largest absolute Gasteiger partial charge is 0.444 e. The molecule has 0 saturated carbocycles. The average Bonchev–Trinajstić information content (AvgIpc) is 2.32. The lowest BCUT2D eigenvalue weighted by Crippen LogP contribution is -2.33. The van der Waals surface area contributed by atoms with E-state index in [1.54, 1.807) is 20.8 Å². The standard InChI is InChI=1S/C14H21ClFN3O2/c1-14(2,3)21-13(20)19-6-4-5-18-12-7-9(15)10(16)8-11(12)17/h7-8,18H,4-6,17H2,1-3H3,(H,19,20). The van der Waals surface area contributed by atoms with E-state index in [4.69, 9.17) is 22.1 Å². The molecule has 1 rings (SSSR count). The number of nitrogens with two attached hydrogens (primary N) is 1. The van der Waals surface area contributed by atoms with Crippen molar-refractivity contribution in [1.82, 2.24) is 5.32 Å². The van der Waals surface area contributed by atoms with Gasteiger partial charge in [0, 0.05) is 19.2 Å². The smallest absolute Gasteiger partial charge is 0.407 e. The number of hydrogen-bond acceptors (Lipinski definition) is 4. The van der Waals surface area contributed by atoms with Crippen molar-refractivity contribution in [3.05, 3.63) is 23.0 Å². The first-order chi connectivity index (χ1) is 9.69. The molecule has 0 atom stereocenters. The number of rotatable bonds is 5. The number of hydrogen-bond donors (Lipinski definition) is 3. The van der Waals surface area contributed by atoms with Crippen LogP contribution in [0.1, 0.15) is 27.2 Å². The third-order valence-corrected chi connectivity index (χ3v) is 2.72. The Morgan fingerprint density at radius 1 is 1.38 bits per heavy atom. The van der Waals surface area contributed by atoms with Crippen LogP contribution in [0.3, 0.4) is 0 Å². The Balaban J connectivity index is 2.29. The van der Waals surface area contributed by atoms with Crippen LogP contribution in [-0.4, -0.2) is 24.8 Å². The van der Waals surface area contributed by atoms with Gasteiger partial charge in [0.1, 0.15) is 11.4 Å². The molecule has 0 aliphatic heterocycles. The highest BCUT2D eigenvalue weighted by molar-refractivity contribution is 6.31. The molecule has 4 N–H and O–H groups in total. The van der Waals surface area contributed by atoms with Gasteiger partial charge in [0.25, 0.3) is 0 Å². The molecule has 0 fully saturated rings. The first-order valence-corrected chi connectivity index (χ1v) is 7.02. The van der Waals surface area contributed by atoms with Crippen molar-refractivity contribution in [2.24, 2.45) is 0 Å². The van der Waals surface area contributed by atoms with Gasteiger partial charge < -0.3 is 21.1 Å². The number of anilines is 2. The number of carbonyl (C=O) groups is 1. The number of benzene rings is 1. The van der Waals surface area contributed by atoms with Gasteiger partial charge >= 0.3 is 6.09 Å². The fourth-order valence-corrected chi connectivity index (χ4v) is 1.70. The van der Waals surface area contributed by atoms with Gasteiger partial charge in [-0.2, -0.15) is 0 Å². The number of carbonyl (C=O) groups excluding carboxylic acids is 1. The van der Waals surface area contributed by atoms with E-state index < -0.39 is 17.5 Å². The fraction of sp³-hybridized carbons (Fsp3) is 0.500. The predicted molar refractivity (Wildman–Crippen MR) is 83.2 cm³/mol. The Labute approximate surface area is 129 Å². The van der Waals surface area contributed by atoms with Crippen LogP contribution in [0.25, 0.3) is 0 Å². The second-order valence-electron chi connectivity index (χ2n) is 5.56. The average molecular weight is 318 g/mol. The van der Waals surface area contributed by atoms with E-state index in [0.29, 0.717) is 25.2 Å². The van der Waals surface area contributed by atoms with Crippen molar-refractivity contribution < 1.29 is 13.9 Å². The Bertz CT molecular complexity index is 504. The zero-order chi connectivity index (χ0) is 16.0. The normalized spacial score (nSPS) is 11.1. The van der Waals surface area contributed by atoms with Crippen LogP contribution in [0.5, 0.6) is 0 Å². The Kier molecular flexibility index (Phi) is 6.08. The maximum absolute atomic E-state index is 13.1. The first kappa shape index (κ1) is 17.4. The van der Waals surface area contributed by atoms with Crippen LogP contribution in [0.2, 0.25) is 5.02 Å². The van der Waals surface area contributed by atoms with E-state index in [9.17, 15) is 9.18 Å². The van der Waals surface area contributed by atoms with Crippen molar-refractivity contribution in [2.45, 2.75) is 32.8 Å². The second kappa shape index (κ2) is 7.36. The lowest BCUT2D eigenvalue weighted by Gasteiger charge is -2.19. The summed E-state index contributed by atoms with van der Waals surface area (Å²) in [7, 11) is 0. The maximum Gasteiger partial charge on any atom is 0.407 e. The highest BCUT2D eigenvalue weighted by Crippen LogP contribution is 2.26. The minimum absolute atomic E-state index is 0.0126. The number of ether oxygens (including phenoxy) is 1. The zero-order valence-electron chi connectivity index (χ0n) is 12.4. The SMILES string of the molecule is CC(C)(C)OC(=O)NCCCNc1cc(Cl)c(F)cc1N. The summed E-state index contributed by atoms with van der Waals surface area (Å²) in [6.07, 6.45) is 0.208. The lowest BCUT2D eigenvalue weighted by molar-refractivity contribution is 0.0528. The lowest BCUT2D eigenvalue weighted by atomic mass is 10.2. The molecular formula is C14H21ClFN3O2. The summed E-state index contributed by atoms with van der Waals surface area (Å²) >= 11 is 5.68. The van der Waals surface area contributed by atoms with E-state index in [-0.39, 0.29) is 10.7 Å². The molecule has 0 aromatic heterocycles. The van der Waals surface area contributed by atoms with Crippen molar-refractivity contribution in [3.63, 3.8) is 0 Å². The molecule has 0 bridgehead atoms. The quantitative estimate of drug-likeness (QED) is 0.574. The summed E-state index contributed by atoms with van der Waals surface area (Å²) in [5.74, 6) is -0.550. The molecule has 0 aliphatic rings. The number of nitrogens with one attached hydrogen (secondary N) is 2. The van der Waals surface area contributed by atoms with Crippen molar-refractivity contribution in [2.75, 3.05) is 24.1 Å². The molecule has 5 nitrogen and oxygen atoms in total. The predicted octanol–water partition coefficient (Wildman–Crippen LogP) is 3.39. The van der Waals surface area contributed by atoms with Crippen LogP contribution < -0.4 is 16.4 Å². The number of alkyl carbamates (subject to hydrolysis) is 1. The van der Waals surface area contributed by atoms with Crippen molar-refractivity contribution in [1.29, 1.82) is 0 Å². The van der Waals surface area contributed by atoms with Crippen molar-refractivity contribution in [3.8, 4) is 0 Å². The molecule has 0 aliphatic carbocycles. The topological polar surface area (TPSA) is 76.4 Å².